The van der Waals surface area contributed by atoms with E-state index in [0.29, 0.717) is 30.2 Å². The third kappa shape index (κ3) is 4.21. The monoisotopic (exact) mass is 288 g/mol. The molecule has 0 aliphatic rings. The number of benzene rings is 2. The largest absolute Gasteiger partial charge is 0.492 e. The molecule has 0 bridgehead atoms. The van der Waals surface area contributed by atoms with E-state index in [0.717, 1.165) is 0 Å². The Hall–Kier alpha value is -2.56. The van der Waals surface area contributed by atoms with Crippen molar-refractivity contribution in [2.45, 2.75) is 0 Å². The molecule has 2 aromatic rings. The number of nitrogen functional groups attached to an aromatic ring is 1. The summed E-state index contributed by atoms with van der Waals surface area (Å²) < 4.78 is 18.2. The molecule has 0 saturated heterocycles. The highest BCUT2D eigenvalue weighted by atomic mass is 19.1. The minimum atomic E-state index is -0.309. The van der Waals surface area contributed by atoms with Crippen LogP contribution in [0.1, 0.15) is 10.4 Å². The molecule has 4 nitrogen and oxygen atoms in total. The van der Waals surface area contributed by atoms with Crippen LogP contribution in [0.3, 0.4) is 0 Å². The Morgan fingerprint density at radius 2 is 1.95 bits per heavy atom. The molecule has 21 heavy (non-hydrogen) atoms. The van der Waals surface area contributed by atoms with Crippen LogP contribution in [0.25, 0.3) is 0 Å². The second-order valence-electron chi connectivity index (χ2n) is 4.65. The van der Waals surface area contributed by atoms with Crippen molar-refractivity contribution >= 4 is 11.6 Å². The molecule has 0 aliphatic heterocycles. The number of halogens is 1. The Kier molecular flexibility index (Phi) is 4.77. The first-order chi connectivity index (χ1) is 10.1. The van der Waals surface area contributed by atoms with E-state index in [4.69, 9.17) is 10.5 Å². The van der Waals surface area contributed by atoms with Gasteiger partial charge in [-0.1, -0.05) is 6.07 Å². The molecule has 0 aromatic heterocycles. The Labute approximate surface area is 122 Å². The Balaban J connectivity index is 1.85. The van der Waals surface area contributed by atoms with E-state index in [2.05, 4.69) is 0 Å². The Bertz CT molecular complexity index is 614. The van der Waals surface area contributed by atoms with Crippen LogP contribution >= 0.6 is 0 Å². The fourth-order valence-corrected chi connectivity index (χ4v) is 1.82. The molecular weight excluding hydrogens is 271 g/mol. The van der Waals surface area contributed by atoms with Crippen molar-refractivity contribution < 1.29 is 13.9 Å². The number of rotatable bonds is 5. The highest BCUT2D eigenvalue weighted by Crippen LogP contribution is 2.12. The molecule has 2 aromatic carbocycles. The molecule has 2 N–H and O–H groups in total. The smallest absolute Gasteiger partial charge is 0.253 e. The summed E-state index contributed by atoms with van der Waals surface area (Å²) in [6, 6.07) is 12.6. The van der Waals surface area contributed by atoms with Gasteiger partial charge in [-0.3, -0.25) is 4.79 Å². The Morgan fingerprint density at radius 1 is 1.24 bits per heavy atom. The molecule has 2 rings (SSSR count). The zero-order valence-electron chi connectivity index (χ0n) is 11.8. The number of anilines is 1. The van der Waals surface area contributed by atoms with Crippen LogP contribution in [0.5, 0.6) is 5.75 Å². The number of hydrogen-bond acceptors (Lipinski definition) is 3. The van der Waals surface area contributed by atoms with Crippen LogP contribution < -0.4 is 10.5 Å². The molecule has 110 valence electrons. The van der Waals surface area contributed by atoms with Crippen LogP contribution in [-0.2, 0) is 0 Å². The van der Waals surface area contributed by atoms with Gasteiger partial charge in [-0.15, -0.1) is 0 Å². The number of carbonyl (C=O) groups is 1. The van der Waals surface area contributed by atoms with Gasteiger partial charge in [0.2, 0.25) is 0 Å². The third-order valence-corrected chi connectivity index (χ3v) is 2.99. The zero-order chi connectivity index (χ0) is 15.2. The van der Waals surface area contributed by atoms with E-state index in [-0.39, 0.29) is 11.7 Å². The van der Waals surface area contributed by atoms with Crippen LogP contribution in [-0.4, -0.2) is 31.0 Å². The van der Waals surface area contributed by atoms with Gasteiger partial charge in [0.15, 0.2) is 0 Å². The Morgan fingerprint density at radius 3 is 2.62 bits per heavy atom. The van der Waals surface area contributed by atoms with Crippen molar-refractivity contribution in [3.8, 4) is 5.75 Å². The lowest BCUT2D eigenvalue weighted by Gasteiger charge is -2.17. The lowest BCUT2D eigenvalue weighted by molar-refractivity contribution is 0.0774. The first kappa shape index (κ1) is 14.8. The molecule has 0 aliphatic carbocycles. The van der Waals surface area contributed by atoms with Gasteiger partial charge in [0.05, 0.1) is 6.54 Å². The van der Waals surface area contributed by atoms with Gasteiger partial charge in [-0.05, 0) is 42.5 Å². The van der Waals surface area contributed by atoms with E-state index in [9.17, 15) is 9.18 Å². The zero-order valence-corrected chi connectivity index (χ0v) is 11.8. The maximum Gasteiger partial charge on any atom is 0.253 e. The van der Waals surface area contributed by atoms with Crippen molar-refractivity contribution in [2.75, 3.05) is 25.9 Å². The maximum atomic E-state index is 12.7. The van der Waals surface area contributed by atoms with E-state index < -0.39 is 0 Å². The first-order valence-electron chi connectivity index (χ1n) is 6.55. The molecule has 1 amide bonds. The molecule has 0 spiro atoms. The molecular formula is C16H17FN2O2. The summed E-state index contributed by atoms with van der Waals surface area (Å²) in [6.45, 7) is 0.751. The van der Waals surface area contributed by atoms with Gasteiger partial charge in [-0.2, -0.15) is 0 Å². The van der Waals surface area contributed by atoms with Gasteiger partial charge in [0.1, 0.15) is 18.2 Å². The number of amides is 1. The summed E-state index contributed by atoms with van der Waals surface area (Å²) in [6.07, 6.45) is 0. The van der Waals surface area contributed by atoms with Crippen molar-refractivity contribution in [2.24, 2.45) is 0 Å². The van der Waals surface area contributed by atoms with E-state index in [1.807, 2.05) is 0 Å². The molecule has 0 saturated carbocycles. The summed E-state index contributed by atoms with van der Waals surface area (Å²) in [7, 11) is 1.69. The molecule has 0 radical (unpaired) electrons. The van der Waals surface area contributed by atoms with Crippen molar-refractivity contribution in [3.63, 3.8) is 0 Å². The minimum absolute atomic E-state index is 0.120. The number of nitrogens with zero attached hydrogens (tertiary/aromatic N) is 1. The average Bonchev–Trinajstić information content (AvgIpc) is 2.48. The van der Waals surface area contributed by atoms with Crippen molar-refractivity contribution in [3.05, 3.63) is 59.9 Å². The maximum absolute atomic E-state index is 12.7. The lowest BCUT2D eigenvalue weighted by atomic mass is 10.2. The molecule has 0 fully saturated rings. The highest BCUT2D eigenvalue weighted by molar-refractivity contribution is 5.94. The number of nitrogens with two attached hydrogens (primary N) is 1. The van der Waals surface area contributed by atoms with Crippen LogP contribution in [0.2, 0.25) is 0 Å². The van der Waals surface area contributed by atoms with Crippen LogP contribution in [0.15, 0.2) is 48.5 Å². The SMILES string of the molecule is CN(CCOc1ccc(F)cc1)C(=O)c1cccc(N)c1. The summed E-state index contributed by atoms with van der Waals surface area (Å²) in [5.41, 5.74) is 6.75. The summed E-state index contributed by atoms with van der Waals surface area (Å²) >= 11 is 0. The number of likely N-dealkylation sites (N-methyl/N-ethyl adjacent to an activating group) is 1. The number of carbonyl (C=O) groups excluding carboxylic acids is 1. The fraction of sp³-hybridized carbons (Fsp3) is 0.188. The van der Waals surface area contributed by atoms with Gasteiger partial charge < -0.3 is 15.4 Å². The summed E-state index contributed by atoms with van der Waals surface area (Å²) in [5.74, 6) is 0.141. The van der Waals surface area contributed by atoms with Gasteiger partial charge in [0.25, 0.3) is 5.91 Å². The number of ether oxygens (including phenoxy) is 1. The van der Waals surface area contributed by atoms with E-state index in [1.54, 1.807) is 48.3 Å². The summed E-state index contributed by atoms with van der Waals surface area (Å²) in [4.78, 5) is 13.7. The van der Waals surface area contributed by atoms with Crippen LogP contribution in [0.4, 0.5) is 10.1 Å². The topological polar surface area (TPSA) is 55.6 Å². The van der Waals surface area contributed by atoms with Crippen LogP contribution in [0, 0.1) is 5.82 Å². The quantitative estimate of drug-likeness (QED) is 0.860. The van der Waals surface area contributed by atoms with E-state index in [1.165, 1.54) is 12.1 Å². The first-order valence-corrected chi connectivity index (χ1v) is 6.55. The highest BCUT2D eigenvalue weighted by Gasteiger charge is 2.11. The molecule has 0 atom stereocenters. The van der Waals surface area contributed by atoms with Gasteiger partial charge >= 0.3 is 0 Å². The normalized spacial score (nSPS) is 10.2. The van der Waals surface area contributed by atoms with Gasteiger partial charge in [0, 0.05) is 18.3 Å². The predicted molar refractivity (Wildman–Crippen MR) is 79.7 cm³/mol. The molecule has 0 heterocycles. The predicted octanol–water partition coefficient (Wildman–Crippen LogP) is 2.56. The standard InChI is InChI=1S/C16H17FN2O2/c1-19(16(20)12-3-2-4-14(18)11-12)9-10-21-15-7-5-13(17)6-8-15/h2-8,11H,9-10,18H2,1H3. The second kappa shape index (κ2) is 6.74. The average molecular weight is 288 g/mol. The number of hydrogen-bond donors (Lipinski definition) is 1. The van der Waals surface area contributed by atoms with Crippen molar-refractivity contribution in [1.29, 1.82) is 0 Å². The third-order valence-electron chi connectivity index (χ3n) is 2.99. The molecule has 0 unspecified atom stereocenters. The minimum Gasteiger partial charge on any atom is -0.492 e. The molecule has 5 heteroatoms. The lowest BCUT2D eigenvalue weighted by Crippen LogP contribution is -2.30. The van der Waals surface area contributed by atoms with Crippen molar-refractivity contribution in [1.82, 2.24) is 4.90 Å². The summed E-state index contributed by atoms with van der Waals surface area (Å²) in [5, 5.41) is 0. The van der Waals surface area contributed by atoms with E-state index >= 15 is 0 Å². The fourth-order valence-electron chi connectivity index (χ4n) is 1.82. The second-order valence-corrected chi connectivity index (χ2v) is 4.65. The van der Waals surface area contributed by atoms with Gasteiger partial charge in [-0.25, -0.2) is 4.39 Å².